The van der Waals surface area contributed by atoms with Crippen LogP contribution in [0.4, 0.5) is 8.78 Å². The average Bonchev–Trinajstić information content (AvgIpc) is 2.08. The summed E-state index contributed by atoms with van der Waals surface area (Å²) in [5, 5.41) is 2.96. The number of likely N-dealkylation sites (tertiary alicyclic amines) is 1. The molecule has 0 aliphatic carbocycles. The topological polar surface area (TPSA) is 15.3 Å². The molecule has 1 saturated heterocycles. The number of hydrogen-bond acceptors (Lipinski definition) is 2. The zero-order valence-electron chi connectivity index (χ0n) is 8.26. The third-order valence-electron chi connectivity index (χ3n) is 2.60. The molecule has 0 aromatic heterocycles. The van der Waals surface area contributed by atoms with E-state index in [2.05, 4.69) is 17.3 Å². The van der Waals surface area contributed by atoms with E-state index in [-0.39, 0.29) is 6.04 Å². The summed E-state index contributed by atoms with van der Waals surface area (Å²) in [5.74, 6) is 0. The Morgan fingerprint density at radius 2 is 1.85 bits per heavy atom. The van der Waals surface area contributed by atoms with Crippen molar-refractivity contribution in [1.82, 2.24) is 10.2 Å². The Balaban J connectivity index is 2.22. The Hall–Kier alpha value is -0.220. The van der Waals surface area contributed by atoms with Crippen molar-refractivity contribution < 1.29 is 8.78 Å². The SMILES string of the molecule is CC(NC1CCN(C)CC1)C(F)F. The molecule has 0 saturated carbocycles. The van der Waals surface area contributed by atoms with Gasteiger partial charge in [0, 0.05) is 6.04 Å². The largest absolute Gasteiger partial charge is 0.306 e. The second kappa shape index (κ2) is 4.86. The third-order valence-corrected chi connectivity index (χ3v) is 2.60. The Morgan fingerprint density at radius 1 is 1.31 bits per heavy atom. The van der Waals surface area contributed by atoms with Crippen LogP contribution in [-0.4, -0.2) is 43.5 Å². The Bertz CT molecular complexity index is 145. The number of nitrogens with one attached hydrogen (secondary N) is 1. The van der Waals surface area contributed by atoms with Gasteiger partial charge in [0.15, 0.2) is 0 Å². The van der Waals surface area contributed by atoms with Gasteiger partial charge in [0.2, 0.25) is 0 Å². The van der Waals surface area contributed by atoms with Crippen LogP contribution in [0, 0.1) is 0 Å². The molecule has 1 fully saturated rings. The van der Waals surface area contributed by atoms with Gasteiger partial charge in [0.25, 0.3) is 6.43 Å². The lowest BCUT2D eigenvalue weighted by Gasteiger charge is -2.31. The summed E-state index contributed by atoms with van der Waals surface area (Å²) < 4.78 is 24.4. The summed E-state index contributed by atoms with van der Waals surface area (Å²) >= 11 is 0. The Kier molecular flexibility index (Phi) is 4.06. The smallest absolute Gasteiger partial charge is 0.253 e. The molecule has 0 bridgehead atoms. The number of nitrogens with zero attached hydrogens (tertiary/aromatic N) is 1. The van der Waals surface area contributed by atoms with E-state index in [4.69, 9.17) is 0 Å². The maximum atomic E-state index is 12.2. The summed E-state index contributed by atoms with van der Waals surface area (Å²) in [5.41, 5.74) is 0. The molecule has 0 aromatic carbocycles. The summed E-state index contributed by atoms with van der Waals surface area (Å²) in [6.07, 6.45) is -0.291. The maximum absolute atomic E-state index is 12.2. The fraction of sp³-hybridized carbons (Fsp3) is 1.00. The van der Waals surface area contributed by atoms with Gasteiger partial charge < -0.3 is 10.2 Å². The third kappa shape index (κ3) is 3.56. The second-order valence-corrected chi connectivity index (χ2v) is 3.87. The van der Waals surface area contributed by atoms with E-state index in [9.17, 15) is 8.78 Å². The maximum Gasteiger partial charge on any atom is 0.253 e. The van der Waals surface area contributed by atoms with Gasteiger partial charge in [-0.15, -0.1) is 0 Å². The second-order valence-electron chi connectivity index (χ2n) is 3.87. The number of rotatable bonds is 3. The fourth-order valence-corrected chi connectivity index (χ4v) is 1.62. The molecule has 0 aromatic rings. The normalized spacial score (nSPS) is 23.8. The van der Waals surface area contributed by atoms with Crippen molar-refractivity contribution in [2.45, 2.75) is 38.3 Å². The summed E-state index contributed by atoms with van der Waals surface area (Å²) in [6, 6.07) is -0.395. The zero-order chi connectivity index (χ0) is 9.84. The molecular weight excluding hydrogens is 174 g/mol. The lowest BCUT2D eigenvalue weighted by atomic mass is 10.0. The van der Waals surface area contributed by atoms with Crippen molar-refractivity contribution in [2.75, 3.05) is 20.1 Å². The summed E-state index contributed by atoms with van der Waals surface area (Å²) in [4.78, 5) is 2.23. The van der Waals surface area contributed by atoms with Crippen LogP contribution in [-0.2, 0) is 0 Å². The highest BCUT2D eigenvalue weighted by molar-refractivity contribution is 4.78. The molecule has 78 valence electrons. The van der Waals surface area contributed by atoms with E-state index in [1.54, 1.807) is 6.92 Å². The van der Waals surface area contributed by atoms with Gasteiger partial charge in [-0.3, -0.25) is 0 Å². The number of hydrogen-bond donors (Lipinski definition) is 1. The molecule has 2 nitrogen and oxygen atoms in total. The van der Waals surface area contributed by atoms with Crippen molar-refractivity contribution in [2.24, 2.45) is 0 Å². The fourth-order valence-electron chi connectivity index (χ4n) is 1.62. The first-order valence-corrected chi connectivity index (χ1v) is 4.82. The predicted octanol–water partition coefficient (Wildman–Crippen LogP) is 1.32. The van der Waals surface area contributed by atoms with Crippen molar-refractivity contribution in [3.63, 3.8) is 0 Å². The molecule has 4 heteroatoms. The Morgan fingerprint density at radius 3 is 2.31 bits per heavy atom. The van der Waals surface area contributed by atoms with Crippen molar-refractivity contribution in [3.05, 3.63) is 0 Å². The number of piperidine rings is 1. The molecule has 1 heterocycles. The van der Waals surface area contributed by atoms with Crippen LogP contribution in [0.25, 0.3) is 0 Å². The van der Waals surface area contributed by atoms with E-state index in [1.807, 2.05) is 0 Å². The first kappa shape index (κ1) is 10.9. The van der Waals surface area contributed by atoms with E-state index >= 15 is 0 Å². The molecular formula is C9H18F2N2. The van der Waals surface area contributed by atoms with E-state index in [0.29, 0.717) is 0 Å². The molecule has 1 unspecified atom stereocenters. The molecule has 13 heavy (non-hydrogen) atoms. The van der Waals surface area contributed by atoms with E-state index in [0.717, 1.165) is 25.9 Å². The van der Waals surface area contributed by atoms with Gasteiger partial charge in [0.1, 0.15) is 0 Å². The van der Waals surface area contributed by atoms with Crippen molar-refractivity contribution in [1.29, 1.82) is 0 Å². The molecule has 0 amide bonds. The average molecular weight is 192 g/mol. The van der Waals surface area contributed by atoms with Crippen LogP contribution in [0.15, 0.2) is 0 Å². The number of alkyl halides is 2. The molecule has 1 aliphatic heterocycles. The zero-order valence-corrected chi connectivity index (χ0v) is 8.26. The Labute approximate surface area is 78.3 Å². The van der Waals surface area contributed by atoms with Crippen molar-refractivity contribution in [3.8, 4) is 0 Å². The van der Waals surface area contributed by atoms with E-state index in [1.165, 1.54) is 0 Å². The molecule has 0 spiro atoms. The van der Waals surface area contributed by atoms with Crippen LogP contribution < -0.4 is 5.32 Å². The van der Waals surface area contributed by atoms with Crippen LogP contribution in [0.3, 0.4) is 0 Å². The van der Waals surface area contributed by atoms with Gasteiger partial charge in [-0.2, -0.15) is 0 Å². The van der Waals surface area contributed by atoms with Gasteiger partial charge in [-0.05, 0) is 39.9 Å². The molecule has 1 rings (SSSR count). The minimum atomic E-state index is -2.25. The predicted molar refractivity (Wildman–Crippen MR) is 49.1 cm³/mol. The standard InChI is InChI=1S/C9H18F2N2/c1-7(9(10)11)12-8-3-5-13(2)6-4-8/h7-9,12H,3-6H2,1-2H3. The van der Waals surface area contributed by atoms with Crippen LogP contribution >= 0.6 is 0 Å². The monoisotopic (exact) mass is 192 g/mol. The van der Waals surface area contributed by atoms with Crippen molar-refractivity contribution >= 4 is 0 Å². The number of halogens is 2. The molecule has 0 radical (unpaired) electrons. The van der Waals surface area contributed by atoms with Crippen LogP contribution in [0.1, 0.15) is 19.8 Å². The van der Waals surface area contributed by atoms with E-state index < -0.39 is 12.5 Å². The lowest BCUT2D eigenvalue weighted by molar-refractivity contribution is 0.0923. The van der Waals surface area contributed by atoms with Gasteiger partial charge in [-0.25, -0.2) is 8.78 Å². The highest BCUT2D eigenvalue weighted by Crippen LogP contribution is 2.10. The lowest BCUT2D eigenvalue weighted by Crippen LogP contribution is -2.46. The summed E-state index contributed by atoms with van der Waals surface area (Å²) in [6.45, 7) is 3.56. The highest BCUT2D eigenvalue weighted by atomic mass is 19.3. The minimum Gasteiger partial charge on any atom is -0.306 e. The first-order valence-electron chi connectivity index (χ1n) is 4.82. The highest BCUT2D eigenvalue weighted by Gasteiger charge is 2.21. The van der Waals surface area contributed by atoms with Crippen LogP contribution in [0.2, 0.25) is 0 Å². The first-order chi connectivity index (χ1) is 6.09. The van der Waals surface area contributed by atoms with Gasteiger partial charge in [-0.1, -0.05) is 0 Å². The molecule has 1 aliphatic rings. The minimum absolute atomic E-state index is 0.278. The molecule has 1 atom stereocenters. The summed E-state index contributed by atoms with van der Waals surface area (Å²) in [7, 11) is 2.06. The van der Waals surface area contributed by atoms with Gasteiger partial charge in [0.05, 0.1) is 6.04 Å². The van der Waals surface area contributed by atoms with Gasteiger partial charge >= 0.3 is 0 Å². The van der Waals surface area contributed by atoms with Crippen LogP contribution in [0.5, 0.6) is 0 Å². The molecule has 1 N–H and O–H groups in total. The quantitative estimate of drug-likeness (QED) is 0.725.